The van der Waals surface area contributed by atoms with E-state index in [1.54, 1.807) is 36.4 Å². The molecule has 0 saturated heterocycles. The van der Waals surface area contributed by atoms with E-state index in [1.165, 1.54) is 26.4 Å². The Morgan fingerprint density at radius 1 is 1.28 bits per heavy atom. The summed E-state index contributed by atoms with van der Waals surface area (Å²) in [5.41, 5.74) is 3.02. The van der Waals surface area contributed by atoms with Gasteiger partial charge in [-0.15, -0.1) is 0 Å². The zero-order valence-electron chi connectivity index (χ0n) is 13.7. The van der Waals surface area contributed by atoms with Crippen molar-refractivity contribution < 1.29 is 24.2 Å². The van der Waals surface area contributed by atoms with Gasteiger partial charge < -0.3 is 14.6 Å². The van der Waals surface area contributed by atoms with E-state index in [9.17, 15) is 9.59 Å². The summed E-state index contributed by atoms with van der Waals surface area (Å²) in [4.78, 5) is 26.8. The highest BCUT2D eigenvalue weighted by Gasteiger charge is 2.18. The van der Waals surface area contributed by atoms with Crippen LogP contribution in [-0.4, -0.2) is 41.4 Å². The molecule has 0 bridgehead atoms. The second-order valence-electron chi connectivity index (χ2n) is 4.89. The van der Waals surface area contributed by atoms with E-state index < -0.39 is 18.0 Å². The van der Waals surface area contributed by atoms with E-state index in [-0.39, 0.29) is 11.4 Å². The summed E-state index contributed by atoms with van der Waals surface area (Å²) in [6.45, 7) is 1.40. The largest absolute Gasteiger partial charge is 0.493 e. The molecular weight excluding hydrogens is 326 g/mol. The number of carbonyl (C=O) groups excluding carboxylic acids is 1. The maximum Gasteiger partial charge on any atom is 0.344 e. The van der Waals surface area contributed by atoms with Crippen LogP contribution in [0.15, 0.2) is 47.7 Å². The number of methoxy groups -OCH3 is 1. The predicted molar refractivity (Wildman–Crippen MR) is 90.0 cm³/mol. The van der Waals surface area contributed by atoms with Crippen molar-refractivity contribution in [3.8, 4) is 11.5 Å². The van der Waals surface area contributed by atoms with Crippen molar-refractivity contribution in [1.29, 1.82) is 0 Å². The van der Waals surface area contributed by atoms with Crippen molar-refractivity contribution in [3.63, 3.8) is 0 Å². The summed E-state index contributed by atoms with van der Waals surface area (Å²) in [5, 5.41) is 12.9. The van der Waals surface area contributed by atoms with Gasteiger partial charge in [-0.25, -0.2) is 10.2 Å². The summed E-state index contributed by atoms with van der Waals surface area (Å²) in [6, 6.07) is 9.92. The molecule has 1 amide bonds. The van der Waals surface area contributed by atoms with Crippen molar-refractivity contribution in [3.05, 3.63) is 53.9 Å². The van der Waals surface area contributed by atoms with Crippen molar-refractivity contribution in [2.24, 2.45) is 5.10 Å². The molecule has 0 aliphatic carbocycles. The van der Waals surface area contributed by atoms with Crippen LogP contribution in [0.4, 0.5) is 0 Å². The number of benzene rings is 1. The lowest BCUT2D eigenvalue weighted by Gasteiger charge is -2.15. The Hall–Kier alpha value is -3.42. The molecule has 2 aromatic rings. The smallest absolute Gasteiger partial charge is 0.344 e. The first-order chi connectivity index (χ1) is 12.0. The first kappa shape index (κ1) is 17.9. The van der Waals surface area contributed by atoms with Crippen molar-refractivity contribution in [2.75, 3.05) is 7.11 Å². The average molecular weight is 343 g/mol. The van der Waals surface area contributed by atoms with Gasteiger partial charge in [-0.3, -0.25) is 9.78 Å². The van der Waals surface area contributed by atoms with Gasteiger partial charge in [-0.05, 0) is 31.2 Å². The number of ether oxygens (including phenoxy) is 2. The number of pyridine rings is 1. The SMILES string of the molecule is COc1cccc(/C=N\NC(=O)c2ccccn2)c1O[C@@H](C)C(=O)O. The van der Waals surface area contributed by atoms with E-state index in [0.29, 0.717) is 11.3 Å². The molecule has 1 atom stereocenters. The highest BCUT2D eigenvalue weighted by atomic mass is 16.5. The molecular formula is C17H17N3O5. The number of carboxylic acid groups (broad SMARTS) is 1. The van der Waals surface area contributed by atoms with E-state index in [1.807, 2.05) is 0 Å². The molecule has 8 heteroatoms. The quantitative estimate of drug-likeness (QED) is 0.585. The number of hydrogen-bond acceptors (Lipinski definition) is 6. The molecule has 130 valence electrons. The predicted octanol–water partition coefficient (Wildman–Crippen LogP) is 1.71. The molecule has 1 aromatic heterocycles. The van der Waals surface area contributed by atoms with Gasteiger partial charge in [-0.1, -0.05) is 12.1 Å². The first-order valence-electron chi connectivity index (χ1n) is 7.34. The summed E-state index contributed by atoms with van der Waals surface area (Å²) >= 11 is 0. The van der Waals surface area contributed by atoms with Gasteiger partial charge in [0, 0.05) is 11.8 Å². The molecule has 2 N–H and O–H groups in total. The second kappa shape index (κ2) is 8.44. The number of amides is 1. The summed E-state index contributed by atoms with van der Waals surface area (Å²) in [5.74, 6) is -1.01. The van der Waals surface area contributed by atoms with E-state index in [0.717, 1.165) is 0 Å². The van der Waals surface area contributed by atoms with Crippen LogP contribution in [0.3, 0.4) is 0 Å². The zero-order chi connectivity index (χ0) is 18.2. The van der Waals surface area contributed by atoms with E-state index in [4.69, 9.17) is 14.6 Å². The third-order valence-corrected chi connectivity index (χ3v) is 3.14. The molecule has 8 nitrogen and oxygen atoms in total. The number of hydrogen-bond donors (Lipinski definition) is 2. The van der Waals surface area contributed by atoms with Gasteiger partial charge in [0.1, 0.15) is 5.69 Å². The maximum atomic E-state index is 11.9. The molecule has 2 rings (SSSR count). The number of rotatable bonds is 7. The first-order valence-corrected chi connectivity index (χ1v) is 7.34. The van der Waals surface area contributed by atoms with E-state index >= 15 is 0 Å². The maximum absolute atomic E-state index is 11.9. The van der Waals surface area contributed by atoms with E-state index in [2.05, 4.69) is 15.5 Å². The minimum absolute atomic E-state index is 0.218. The Bertz CT molecular complexity index is 777. The molecule has 0 saturated carbocycles. The Morgan fingerprint density at radius 3 is 2.72 bits per heavy atom. The molecule has 0 aliphatic heterocycles. The minimum atomic E-state index is -1.11. The molecule has 1 heterocycles. The lowest BCUT2D eigenvalue weighted by atomic mass is 10.2. The fourth-order valence-corrected chi connectivity index (χ4v) is 1.86. The van der Waals surface area contributed by atoms with Crippen molar-refractivity contribution in [2.45, 2.75) is 13.0 Å². The number of nitrogens with one attached hydrogen (secondary N) is 1. The number of para-hydroxylation sites is 1. The standard InChI is InChI=1S/C17H17N3O5/c1-11(17(22)23)25-15-12(6-5-8-14(15)24-2)10-19-20-16(21)13-7-3-4-9-18-13/h3-11H,1-2H3,(H,20,21)(H,22,23)/b19-10-/t11-/m0/s1. The second-order valence-corrected chi connectivity index (χ2v) is 4.89. The summed E-state index contributed by atoms with van der Waals surface area (Å²) in [7, 11) is 1.44. The monoisotopic (exact) mass is 343 g/mol. The molecule has 0 fully saturated rings. The topological polar surface area (TPSA) is 110 Å². The summed E-state index contributed by atoms with van der Waals surface area (Å²) in [6.07, 6.45) is 1.76. The van der Waals surface area contributed by atoms with Gasteiger partial charge in [0.25, 0.3) is 5.91 Å². The molecule has 25 heavy (non-hydrogen) atoms. The van der Waals surface area contributed by atoms with Crippen LogP contribution in [0.1, 0.15) is 23.0 Å². The van der Waals surface area contributed by atoms with Crippen LogP contribution in [0.25, 0.3) is 0 Å². The average Bonchev–Trinajstić information content (AvgIpc) is 2.63. The van der Waals surface area contributed by atoms with Gasteiger partial charge in [0.15, 0.2) is 17.6 Å². The number of carboxylic acids is 1. The number of aliphatic carboxylic acids is 1. The molecule has 0 unspecified atom stereocenters. The number of aromatic nitrogens is 1. The fraction of sp³-hybridized carbons (Fsp3) is 0.176. The number of nitrogens with zero attached hydrogens (tertiary/aromatic N) is 2. The highest BCUT2D eigenvalue weighted by molar-refractivity contribution is 5.93. The van der Waals surface area contributed by atoms with Crippen LogP contribution in [0.2, 0.25) is 0 Å². The highest BCUT2D eigenvalue weighted by Crippen LogP contribution is 2.31. The van der Waals surface area contributed by atoms with Crippen molar-refractivity contribution in [1.82, 2.24) is 10.4 Å². The van der Waals surface area contributed by atoms with Crippen molar-refractivity contribution >= 4 is 18.1 Å². The zero-order valence-corrected chi connectivity index (χ0v) is 13.7. The van der Waals surface area contributed by atoms with Gasteiger partial charge in [-0.2, -0.15) is 5.10 Å². The molecule has 1 aromatic carbocycles. The van der Waals surface area contributed by atoms with Gasteiger partial charge in [0.05, 0.1) is 13.3 Å². The Labute approximate surface area is 144 Å². The molecule has 0 radical (unpaired) electrons. The lowest BCUT2D eigenvalue weighted by molar-refractivity contribution is -0.144. The van der Waals surface area contributed by atoms with Crippen LogP contribution in [0, 0.1) is 0 Å². The normalized spacial score (nSPS) is 11.8. The van der Waals surface area contributed by atoms with Crippen LogP contribution in [-0.2, 0) is 4.79 Å². The molecule has 0 aliphatic rings. The van der Waals surface area contributed by atoms with Gasteiger partial charge >= 0.3 is 5.97 Å². The van der Waals surface area contributed by atoms with Crippen LogP contribution < -0.4 is 14.9 Å². The number of carbonyl (C=O) groups is 2. The minimum Gasteiger partial charge on any atom is -0.493 e. The fourth-order valence-electron chi connectivity index (χ4n) is 1.86. The van der Waals surface area contributed by atoms with Gasteiger partial charge in [0.2, 0.25) is 0 Å². The van der Waals surface area contributed by atoms with Crippen LogP contribution in [0.5, 0.6) is 11.5 Å². The number of hydrazone groups is 1. The summed E-state index contributed by atoms with van der Waals surface area (Å²) < 4.78 is 10.6. The Kier molecular flexibility index (Phi) is 6.05. The molecule has 0 spiro atoms. The van der Waals surface area contributed by atoms with Crippen LogP contribution >= 0.6 is 0 Å². The third kappa shape index (κ3) is 4.77. The lowest BCUT2D eigenvalue weighted by Crippen LogP contribution is -2.24. The third-order valence-electron chi connectivity index (χ3n) is 3.14. The Balaban J connectivity index is 2.18. The Morgan fingerprint density at radius 2 is 2.08 bits per heavy atom.